The zero-order chi connectivity index (χ0) is 13.9. The Morgan fingerprint density at radius 1 is 1.26 bits per heavy atom. The Labute approximate surface area is 108 Å². The summed E-state index contributed by atoms with van der Waals surface area (Å²) in [6.07, 6.45) is -2.30. The van der Waals surface area contributed by atoms with Crippen LogP contribution in [0.5, 0.6) is 11.5 Å². The second-order valence-electron chi connectivity index (χ2n) is 4.06. The minimum atomic E-state index is -3.66. The molecular weight excluding hydrogens is 260 g/mol. The number of unbranched alkanes of at least 4 members (excludes halogenated alkanes) is 1. The SMILES string of the molecule is O=C(CCCCO)Nc1ccc2c(c1)OC(F)(F)O2. The van der Waals surface area contributed by atoms with Gasteiger partial charge in [-0.3, -0.25) is 4.79 Å². The first-order valence-corrected chi connectivity index (χ1v) is 5.81. The van der Waals surface area contributed by atoms with Crippen molar-refractivity contribution in [2.24, 2.45) is 0 Å². The second kappa shape index (κ2) is 5.40. The van der Waals surface area contributed by atoms with Gasteiger partial charge in [-0.1, -0.05) is 0 Å². The van der Waals surface area contributed by atoms with Gasteiger partial charge < -0.3 is 19.9 Å². The maximum absolute atomic E-state index is 12.8. The summed E-state index contributed by atoms with van der Waals surface area (Å²) in [4.78, 5) is 11.5. The summed E-state index contributed by atoms with van der Waals surface area (Å²) < 4.78 is 34.1. The van der Waals surface area contributed by atoms with Crippen molar-refractivity contribution >= 4 is 11.6 Å². The molecular formula is C12H13F2NO4. The lowest BCUT2D eigenvalue weighted by molar-refractivity contribution is -0.286. The van der Waals surface area contributed by atoms with E-state index in [1.807, 2.05) is 0 Å². The highest BCUT2D eigenvalue weighted by molar-refractivity contribution is 5.91. The van der Waals surface area contributed by atoms with E-state index in [0.29, 0.717) is 18.5 Å². The van der Waals surface area contributed by atoms with Crippen molar-refractivity contribution in [2.45, 2.75) is 25.6 Å². The molecule has 1 heterocycles. The van der Waals surface area contributed by atoms with Crippen LogP contribution in [0.2, 0.25) is 0 Å². The Kier molecular flexibility index (Phi) is 3.84. The molecule has 0 unspecified atom stereocenters. The van der Waals surface area contributed by atoms with Crippen LogP contribution >= 0.6 is 0 Å². The molecule has 0 aromatic heterocycles. The lowest BCUT2D eigenvalue weighted by Gasteiger charge is -2.05. The number of aliphatic hydroxyl groups excluding tert-OH is 1. The van der Waals surface area contributed by atoms with E-state index in [9.17, 15) is 13.6 Å². The highest BCUT2D eigenvalue weighted by Crippen LogP contribution is 2.42. The fourth-order valence-electron chi connectivity index (χ4n) is 1.65. The molecule has 2 rings (SSSR count). The highest BCUT2D eigenvalue weighted by atomic mass is 19.3. The number of anilines is 1. The lowest BCUT2D eigenvalue weighted by Crippen LogP contribution is -2.25. The summed E-state index contributed by atoms with van der Waals surface area (Å²) in [6.45, 7) is 0.0341. The smallest absolute Gasteiger partial charge is 0.396 e. The maximum Gasteiger partial charge on any atom is 0.586 e. The van der Waals surface area contributed by atoms with E-state index in [1.165, 1.54) is 18.2 Å². The number of benzene rings is 1. The highest BCUT2D eigenvalue weighted by Gasteiger charge is 2.43. The molecule has 0 aliphatic carbocycles. The second-order valence-corrected chi connectivity index (χ2v) is 4.06. The van der Waals surface area contributed by atoms with E-state index in [4.69, 9.17) is 5.11 Å². The molecule has 0 radical (unpaired) electrons. The summed E-state index contributed by atoms with van der Waals surface area (Å²) in [5.74, 6) is -0.430. The minimum absolute atomic E-state index is 0.0341. The number of aliphatic hydroxyl groups is 1. The molecule has 1 aromatic carbocycles. The van der Waals surface area contributed by atoms with Gasteiger partial charge in [-0.2, -0.15) is 0 Å². The van der Waals surface area contributed by atoms with E-state index in [2.05, 4.69) is 14.8 Å². The first-order chi connectivity index (χ1) is 9.00. The molecule has 7 heteroatoms. The number of carbonyl (C=O) groups excluding carboxylic acids is 1. The third kappa shape index (κ3) is 3.54. The van der Waals surface area contributed by atoms with Crippen molar-refractivity contribution in [1.82, 2.24) is 0 Å². The van der Waals surface area contributed by atoms with Crippen LogP contribution in [-0.4, -0.2) is 23.9 Å². The maximum atomic E-state index is 12.8. The van der Waals surface area contributed by atoms with Gasteiger partial charge in [-0.15, -0.1) is 8.78 Å². The van der Waals surface area contributed by atoms with Crippen molar-refractivity contribution in [1.29, 1.82) is 0 Å². The Hall–Kier alpha value is -1.89. The largest absolute Gasteiger partial charge is 0.586 e. The molecule has 0 saturated carbocycles. The molecule has 1 aliphatic heterocycles. The van der Waals surface area contributed by atoms with Crippen LogP contribution in [0.25, 0.3) is 0 Å². The van der Waals surface area contributed by atoms with E-state index >= 15 is 0 Å². The lowest BCUT2D eigenvalue weighted by atomic mass is 10.2. The average molecular weight is 273 g/mol. The summed E-state index contributed by atoms with van der Waals surface area (Å²) in [7, 11) is 0. The fraction of sp³-hybridized carbons (Fsp3) is 0.417. The first kappa shape index (κ1) is 13.5. The topological polar surface area (TPSA) is 67.8 Å². The molecule has 0 atom stereocenters. The molecule has 0 fully saturated rings. The molecule has 0 saturated heterocycles. The molecule has 5 nitrogen and oxygen atoms in total. The minimum Gasteiger partial charge on any atom is -0.396 e. The quantitative estimate of drug-likeness (QED) is 0.806. The number of ether oxygens (including phenoxy) is 2. The normalized spacial score (nSPS) is 15.3. The van der Waals surface area contributed by atoms with Gasteiger partial charge in [0.1, 0.15) is 0 Å². The summed E-state index contributed by atoms with van der Waals surface area (Å²) in [6, 6.07) is 4.04. The van der Waals surface area contributed by atoms with Crippen LogP contribution in [0.1, 0.15) is 19.3 Å². The van der Waals surface area contributed by atoms with Crippen LogP contribution in [-0.2, 0) is 4.79 Å². The van der Waals surface area contributed by atoms with Crippen LogP contribution < -0.4 is 14.8 Å². The average Bonchev–Trinajstić information content (AvgIpc) is 2.62. The number of hydrogen-bond acceptors (Lipinski definition) is 4. The van der Waals surface area contributed by atoms with Crippen LogP contribution in [0.15, 0.2) is 18.2 Å². The Morgan fingerprint density at radius 3 is 2.74 bits per heavy atom. The first-order valence-electron chi connectivity index (χ1n) is 5.81. The summed E-state index contributed by atoms with van der Waals surface area (Å²) >= 11 is 0. The Balaban J connectivity index is 1.95. The van der Waals surface area contributed by atoms with Crippen molar-refractivity contribution < 1.29 is 28.2 Å². The molecule has 0 bridgehead atoms. The van der Waals surface area contributed by atoms with E-state index < -0.39 is 6.29 Å². The Bertz CT molecular complexity index is 479. The molecule has 1 aliphatic rings. The van der Waals surface area contributed by atoms with E-state index in [-0.39, 0.29) is 30.4 Å². The number of nitrogens with one attached hydrogen (secondary N) is 1. The number of carbonyl (C=O) groups is 1. The van der Waals surface area contributed by atoms with E-state index in [1.54, 1.807) is 0 Å². The number of halogens is 2. The third-order valence-electron chi connectivity index (χ3n) is 2.50. The zero-order valence-electron chi connectivity index (χ0n) is 9.99. The number of rotatable bonds is 5. The molecule has 19 heavy (non-hydrogen) atoms. The van der Waals surface area contributed by atoms with Gasteiger partial charge in [-0.05, 0) is 25.0 Å². The van der Waals surface area contributed by atoms with Gasteiger partial charge in [0.25, 0.3) is 0 Å². The predicted molar refractivity (Wildman–Crippen MR) is 62.2 cm³/mol. The van der Waals surface area contributed by atoms with Crippen molar-refractivity contribution in [3.8, 4) is 11.5 Å². The van der Waals surface area contributed by atoms with Gasteiger partial charge >= 0.3 is 6.29 Å². The monoisotopic (exact) mass is 273 g/mol. The van der Waals surface area contributed by atoms with Gasteiger partial charge in [0, 0.05) is 24.8 Å². The number of alkyl halides is 2. The van der Waals surface area contributed by atoms with Crippen LogP contribution in [0.4, 0.5) is 14.5 Å². The fourth-order valence-corrected chi connectivity index (χ4v) is 1.65. The van der Waals surface area contributed by atoms with Crippen molar-refractivity contribution in [3.05, 3.63) is 18.2 Å². The van der Waals surface area contributed by atoms with Crippen molar-refractivity contribution in [2.75, 3.05) is 11.9 Å². The summed E-state index contributed by atoms with van der Waals surface area (Å²) in [5.41, 5.74) is 0.356. The Morgan fingerprint density at radius 2 is 2.00 bits per heavy atom. The van der Waals surface area contributed by atoms with Gasteiger partial charge in [-0.25, -0.2) is 0 Å². The predicted octanol–water partition coefficient (Wildman–Crippen LogP) is 2.11. The van der Waals surface area contributed by atoms with Crippen LogP contribution in [0, 0.1) is 0 Å². The van der Waals surface area contributed by atoms with Crippen LogP contribution in [0.3, 0.4) is 0 Å². The number of hydrogen-bond donors (Lipinski definition) is 2. The van der Waals surface area contributed by atoms with Gasteiger partial charge in [0.05, 0.1) is 0 Å². The molecule has 104 valence electrons. The molecule has 1 amide bonds. The molecule has 0 spiro atoms. The standard InChI is InChI=1S/C12H13F2NO4/c13-12(14)18-9-5-4-8(7-10(9)19-12)15-11(17)3-1-2-6-16/h4-5,7,16H,1-3,6H2,(H,15,17). The van der Waals surface area contributed by atoms with E-state index in [0.717, 1.165) is 0 Å². The zero-order valence-corrected chi connectivity index (χ0v) is 9.99. The number of amides is 1. The summed E-state index contributed by atoms with van der Waals surface area (Å²) in [5, 5.41) is 11.1. The van der Waals surface area contributed by atoms with Gasteiger partial charge in [0.15, 0.2) is 11.5 Å². The van der Waals surface area contributed by atoms with Gasteiger partial charge in [0.2, 0.25) is 5.91 Å². The third-order valence-corrected chi connectivity index (χ3v) is 2.50. The molecule has 2 N–H and O–H groups in total. The molecule has 1 aromatic rings. The number of fused-ring (bicyclic) bond motifs is 1. The van der Waals surface area contributed by atoms with Crippen molar-refractivity contribution in [3.63, 3.8) is 0 Å².